The first-order valence-corrected chi connectivity index (χ1v) is 15.2. The van der Waals surface area contributed by atoms with E-state index in [4.69, 9.17) is 0 Å². The smallest absolute Gasteiger partial charge is 0.0105 e. The maximum absolute atomic E-state index is 2.33. The van der Waals surface area contributed by atoms with Crippen LogP contribution in [0.3, 0.4) is 0 Å². The molecule has 0 aliphatic carbocycles. The second-order valence-corrected chi connectivity index (χ2v) is 11.8. The normalized spacial score (nSPS) is 11.6. The zero-order valence-corrected chi connectivity index (χ0v) is 24.2. The fourth-order valence-electron chi connectivity index (χ4n) is 6.86. The number of hydrogen-bond acceptors (Lipinski definition) is 0. The van der Waals surface area contributed by atoms with Crippen LogP contribution in [-0.4, -0.2) is 0 Å². The van der Waals surface area contributed by atoms with Gasteiger partial charge in [-0.05, 0) is 118 Å². The molecule has 0 bridgehead atoms. The van der Waals surface area contributed by atoms with Crippen LogP contribution >= 0.6 is 0 Å². The molecule has 0 radical (unpaired) electrons. The molecular weight excluding hydrogens is 528 g/mol. The predicted molar refractivity (Wildman–Crippen MR) is 190 cm³/mol. The van der Waals surface area contributed by atoms with E-state index in [2.05, 4.69) is 170 Å². The SMILES string of the molecule is c1ccc(-c2ccc3c(ccc4cc(-c5ccc6c(ccc7cc(-c8ccc9ccccc9c8)ccc76)c5)ccc43)c2)cc1. The van der Waals surface area contributed by atoms with E-state index in [1.54, 1.807) is 0 Å². The van der Waals surface area contributed by atoms with Crippen LogP contribution in [0.1, 0.15) is 0 Å². The van der Waals surface area contributed by atoms with Crippen molar-refractivity contribution in [1.82, 2.24) is 0 Å². The number of rotatable bonds is 3. The van der Waals surface area contributed by atoms with E-state index in [9.17, 15) is 0 Å². The molecule has 204 valence electrons. The molecule has 0 amide bonds. The molecule has 44 heavy (non-hydrogen) atoms. The van der Waals surface area contributed by atoms with E-state index in [1.807, 2.05) is 0 Å². The summed E-state index contributed by atoms with van der Waals surface area (Å²) in [4.78, 5) is 0. The van der Waals surface area contributed by atoms with Crippen molar-refractivity contribution < 1.29 is 0 Å². The maximum atomic E-state index is 2.33. The molecule has 0 aliphatic heterocycles. The molecule has 0 aliphatic rings. The highest BCUT2D eigenvalue weighted by Crippen LogP contribution is 2.35. The first kappa shape index (κ1) is 24.8. The molecule has 0 heteroatoms. The van der Waals surface area contributed by atoms with Crippen LogP contribution in [0.15, 0.2) is 170 Å². The third kappa shape index (κ3) is 4.15. The summed E-state index contributed by atoms with van der Waals surface area (Å²) in [6.45, 7) is 0. The first-order chi connectivity index (χ1) is 21.8. The molecule has 9 rings (SSSR count). The second-order valence-electron chi connectivity index (χ2n) is 11.8. The lowest BCUT2D eigenvalue weighted by Crippen LogP contribution is -1.85. The van der Waals surface area contributed by atoms with E-state index in [0.717, 1.165) is 0 Å². The van der Waals surface area contributed by atoms with Gasteiger partial charge < -0.3 is 0 Å². The summed E-state index contributed by atoms with van der Waals surface area (Å²) in [6, 6.07) is 62.4. The highest BCUT2D eigenvalue weighted by atomic mass is 14.1. The molecule has 0 saturated heterocycles. The zero-order valence-electron chi connectivity index (χ0n) is 24.2. The van der Waals surface area contributed by atoms with E-state index in [-0.39, 0.29) is 0 Å². The van der Waals surface area contributed by atoms with Crippen molar-refractivity contribution in [3.8, 4) is 33.4 Å². The van der Waals surface area contributed by atoms with Gasteiger partial charge in [0.15, 0.2) is 0 Å². The molecule has 0 saturated carbocycles. The summed E-state index contributed by atoms with van der Waals surface area (Å²) in [5, 5.41) is 12.8. The third-order valence-electron chi connectivity index (χ3n) is 9.19. The van der Waals surface area contributed by atoms with Gasteiger partial charge in [0.2, 0.25) is 0 Å². The minimum atomic E-state index is 1.24. The Morgan fingerprint density at radius 1 is 0.182 bits per heavy atom. The van der Waals surface area contributed by atoms with Crippen molar-refractivity contribution in [1.29, 1.82) is 0 Å². The summed E-state index contributed by atoms with van der Waals surface area (Å²) >= 11 is 0. The summed E-state index contributed by atoms with van der Waals surface area (Å²) in [7, 11) is 0. The monoisotopic (exact) mass is 556 g/mol. The molecule has 0 unspecified atom stereocenters. The van der Waals surface area contributed by atoms with Gasteiger partial charge in [-0.15, -0.1) is 0 Å². The highest BCUT2D eigenvalue weighted by Gasteiger charge is 2.09. The van der Waals surface area contributed by atoms with Crippen molar-refractivity contribution in [2.75, 3.05) is 0 Å². The Morgan fingerprint density at radius 2 is 0.500 bits per heavy atom. The molecule has 9 aromatic carbocycles. The lowest BCUT2D eigenvalue weighted by Gasteiger charge is -2.11. The van der Waals surface area contributed by atoms with E-state index < -0.39 is 0 Å². The van der Waals surface area contributed by atoms with Gasteiger partial charge >= 0.3 is 0 Å². The summed E-state index contributed by atoms with van der Waals surface area (Å²) < 4.78 is 0. The molecule has 0 N–H and O–H groups in total. The third-order valence-corrected chi connectivity index (χ3v) is 9.19. The molecule has 0 fully saturated rings. The lowest BCUT2D eigenvalue weighted by atomic mass is 9.93. The van der Waals surface area contributed by atoms with Gasteiger partial charge in [-0.25, -0.2) is 0 Å². The van der Waals surface area contributed by atoms with Gasteiger partial charge in [-0.3, -0.25) is 0 Å². The van der Waals surface area contributed by atoms with Gasteiger partial charge in [-0.1, -0.05) is 140 Å². The van der Waals surface area contributed by atoms with Gasteiger partial charge in [0, 0.05) is 0 Å². The molecule has 0 nitrogen and oxygen atoms in total. The van der Waals surface area contributed by atoms with Crippen LogP contribution in [-0.2, 0) is 0 Å². The number of fused-ring (bicyclic) bond motifs is 7. The Labute approximate surface area is 256 Å². The quantitative estimate of drug-likeness (QED) is 0.190. The van der Waals surface area contributed by atoms with E-state index >= 15 is 0 Å². The second kappa shape index (κ2) is 9.93. The Bertz CT molecular complexity index is 2540. The van der Waals surface area contributed by atoms with E-state index in [1.165, 1.54) is 87.2 Å². The molecule has 0 aromatic heterocycles. The Balaban J connectivity index is 1.07. The van der Waals surface area contributed by atoms with Crippen LogP contribution in [0.2, 0.25) is 0 Å². The Morgan fingerprint density at radius 3 is 0.955 bits per heavy atom. The topological polar surface area (TPSA) is 0 Å². The van der Waals surface area contributed by atoms with Crippen molar-refractivity contribution >= 4 is 53.9 Å². The van der Waals surface area contributed by atoms with Crippen molar-refractivity contribution in [3.05, 3.63) is 170 Å². The van der Waals surface area contributed by atoms with Crippen LogP contribution in [0, 0.1) is 0 Å². The van der Waals surface area contributed by atoms with Gasteiger partial charge in [0.1, 0.15) is 0 Å². The number of hydrogen-bond donors (Lipinski definition) is 0. The predicted octanol–water partition coefficient (Wildman–Crippen LogP) is 12.5. The fourth-order valence-corrected chi connectivity index (χ4v) is 6.86. The Hall–Kier alpha value is -5.72. The zero-order chi connectivity index (χ0) is 29.0. The van der Waals surface area contributed by atoms with Gasteiger partial charge in [-0.2, -0.15) is 0 Å². The average Bonchev–Trinajstić information content (AvgIpc) is 3.10. The Kier molecular flexibility index (Phi) is 5.61. The van der Waals surface area contributed by atoms with Crippen molar-refractivity contribution in [2.45, 2.75) is 0 Å². The average molecular weight is 557 g/mol. The van der Waals surface area contributed by atoms with Crippen molar-refractivity contribution in [2.24, 2.45) is 0 Å². The first-order valence-electron chi connectivity index (χ1n) is 15.2. The largest absolute Gasteiger partial charge is 0.0622 e. The van der Waals surface area contributed by atoms with Gasteiger partial charge in [0.05, 0.1) is 0 Å². The molecular formula is C44H28. The molecule has 0 atom stereocenters. The van der Waals surface area contributed by atoms with Gasteiger partial charge in [0.25, 0.3) is 0 Å². The minimum absolute atomic E-state index is 1.24. The van der Waals surface area contributed by atoms with Crippen LogP contribution in [0.5, 0.6) is 0 Å². The number of benzene rings is 9. The molecule has 9 aromatic rings. The summed E-state index contributed by atoms with van der Waals surface area (Å²) in [5.41, 5.74) is 7.49. The molecule has 0 spiro atoms. The van der Waals surface area contributed by atoms with Crippen molar-refractivity contribution in [3.63, 3.8) is 0 Å². The minimum Gasteiger partial charge on any atom is -0.0622 e. The summed E-state index contributed by atoms with van der Waals surface area (Å²) in [6.07, 6.45) is 0. The highest BCUT2D eigenvalue weighted by molar-refractivity contribution is 6.11. The maximum Gasteiger partial charge on any atom is -0.0105 e. The molecule has 0 heterocycles. The van der Waals surface area contributed by atoms with Crippen LogP contribution in [0.25, 0.3) is 87.2 Å². The van der Waals surface area contributed by atoms with Crippen LogP contribution in [0.4, 0.5) is 0 Å². The van der Waals surface area contributed by atoms with Crippen LogP contribution < -0.4 is 0 Å². The van der Waals surface area contributed by atoms with E-state index in [0.29, 0.717) is 0 Å². The standard InChI is InChI=1S/C44H28/c1-2-6-29(7-3-1)32-16-20-41-37(25-32)12-13-39-27-35(18-22-42(39)41)36-19-23-44-40(28-36)15-14-38-26-34(17-21-43(38)44)33-11-10-30-8-4-5-9-31(30)24-33/h1-28H. The fraction of sp³-hybridized carbons (Fsp3) is 0. The summed E-state index contributed by atoms with van der Waals surface area (Å²) in [5.74, 6) is 0. The lowest BCUT2D eigenvalue weighted by molar-refractivity contribution is 1.65.